The lowest BCUT2D eigenvalue weighted by atomic mass is 10.1. The smallest absolute Gasteiger partial charge is 0.410 e. The summed E-state index contributed by atoms with van der Waals surface area (Å²) in [7, 11) is 1.73. The Morgan fingerprint density at radius 2 is 2.05 bits per heavy atom. The van der Waals surface area contributed by atoms with Crippen LogP contribution in [0.15, 0.2) is 11.8 Å². The van der Waals surface area contributed by atoms with E-state index >= 15 is 0 Å². The Morgan fingerprint density at radius 1 is 1.33 bits per heavy atom. The molecule has 1 heterocycles. The van der Waals surface area contributed by atoms with Crippen molar-refractivity contribution >= 4 is 6.09 Å². The fourth-order valence-corrected chi connectivity index (χ4v) is 3.06. The molecular weight excluding hydrogens is 268 g/mol. The number of carbonyl (C=O) groups is 1. The standard InChI is InChI=1S/C16H28N2O3/c1-12-11-17(15(19)21-16(2,3)4)8-9-18(12)13-6-7-14(10-13)20-5/h10,12-13H,6-9,11H2,1-5H3/t12-,13-/m1/s1. The summed E-state index contributed by atoms with van der Waals surface area (Å²) >= 11 is 0. The van der Waals surface area contributed by atoms with Crippen LogP contribution in [0.2, 0.25) is 0 Å². The number of rotatable bonds is 2. The zero-order valence-corrected chi connectivity index (χ0v) is 13.9. The first-order valence-corrected chi connectivity index (χ1v) is 7.78. The zero-order valence-electron chi connectivity index (χ0n) is 13.9. The monoisotopic (exact) mass is 296 g/mol. The summed E-state index contributed by atoms with van der Waals surface area (Å²) in [6.45, 7) is 10.2. The van der Waals surface area contributed by atoms with E-state index in [1.165, 1.54) is 0 Å². The molecule has 2 atom stereocenters. The molecule has 1 saturated heterocycles. The van der Waals surface area contributed by atoms with E-state index < -0.39 is 5.60 Å². The van der Waals surface area contributed by atoms with E-state index in [4.69, 9.17) is 9.47 Å². The first-order valence-electron chi connectivity index (χ1n) is 7.78. The van der Waals surface area contributed by atoms with Gasteiger partial charge in [0.2, 0.25) is 0 Å². The van der Waals surface area contributed by atoms with Crippen molar-refractivity contribution in [2.45, 2.75) is 58.2 Å². The number of hydrogen-bond acceptors (Lipinski definition) is 4. The summed E-state index contributed by atoms with van der Waals surface area (Å²) in [5.41, 5.74) is -0.432. The van der Waals surface area contributed by atoms with E-state index in [2.05, 4.69) is 17.9 Å². The lowest BCUT2D eigenvalue weighted by molar-refractivity contribution is 0.00164. The van der Waals surface area contributed by atoms with Gasteiger partial charge in [-0.25, -0.2) is 4.79 Å². The van der Waals surface area contributed by atoms with Crippen molar-refractivity contribution in [3.63, 3.8) is 0 Å². The first kappa shape index (κ1) is 16.1. The maximum Gasteiger partial charge on any atom is 0.410 e. The highest BCUT2D eigenvalue weighted by atomic mass is 16.6. The largest absolute Gasteiger partial charge is 0.501 e. The van der Waals surface area contributed by atoms with Crippen LogP contribution >= 0.6 is 0 Å². The molecule has 1 amide bonds. The molecule has 120 valence electrons. The van der Waals surface area contributed by atoms with Crippen LogP contribution in [0.25, 0.3) is 0 Å². The number of carbonyl (C=O) groups excluding carboxylic acids is 1. The molecule has 0 saturated carbocycles. The molecule has 0 N–H and O–H groups in total. The van der Waals surface area contributed by atoms with E-state index in [0.717, 1.165) is 38.2 Å². The predicted octanol–water partition coefficient (Wildman–Crippen LogP) is 2.62. The van der Waals surface area contributed by atoms with Crippen molar-refractivity contribution in [1.82, 2.24) is 9.80 Å². The Hall–Kier alpha value is -1.23. The van der Waals surface area contributed by atoms with Crippen molar-refractivity contribution in [1.29, 1.82) is 0 Å². The van der Waals surface area contributed by atoms with Crippen LogP contribution < -0.4 is 0 Å². The molecule has 0 spiro atoms. The molecule has 5 heteroatoms. The van der Waals surface area contributed by atoms with Gasteiger partial charge in [0.05, 0.1) is 12.9 Å². The molecule has 1 aliphatic carbocycles. The van der Waals surface area contributed by atoms with E-state index in [9.17, 15) is 4.79 Å². The van der Waals surface area contributed by atoms with Crippen LogP contribution in [0.4, 0.5) is 4.79 Å². The summed E-state index contributed by atoms with van der Waals surface area (Å²) in [5, 5.41) is 0. The average molecular weight is 296 g/mol. The average Bonchev–Trinajstić information content (AvgIpc) is 2.85. The fourth-order valence-electron chi connectivity index (χ4n) is 3.06. The van der Waals surface area contributed by atoms with Crippen LogP contribution in [0, 0.1) is 0 Å². The molecule has 1 aliphatic heterocycles. The van der Waals surface area contributed by atoms with Gasteiger partial charge in [0.1, 0.15) is 5.60 Å². The second-order valence-corrected chi connectivity index (χ2v) is 6.96. The van der Waals surface area contributed by atoms with Gasteiger partial charge >= 0.3 is 6.09 Å². The van der Waals surface area contributed by atoms with E-state index in [1.807, 2.05) is 25.7 Å². The predicted molar refractivity (Wildman–Crippen MR) is 82.1 cm³/mol. The van der Waals surface area contributed by atoms with Gasteiger partial charge in [0, 0.05) is 38.1 Å². The fraction of sp³-hybridized carbons (Fsp3) is 0.812. The molecule has 21 heavy (non-hydrogen) atoms. The number of nitrogens with zero attached hydrogens (tertiary/aromatic N) is 2. The van der Waals surface area contributed by atoms with Crippen LogP contribution in [-0.4, -0.2) is 60.3 Å². The maximum absolute atomic E-state index is 12.1. The van der Waals surface area contributed by atoms with Gasteiger partial charge in [0.25, 0.3) is 0 Å². The summed E-state index contributed by atoms with van der Waals surface area (Å²) in [5.74, 6) is 1.08. The van der Waals surface area contributed by atoms with Crippen LogP contribution in [-0.2, 0) is 9.47 Å². The number of piperazine rings is 1. The molecule has 2 aliphatic rings. The molecule has 0 aromatic carbocycles. The molecule has 2 rings (SSSR count). The van der Waals surface area contributed by atoms with Gasteiger partial charge in [0.15, 0.2) is 0 Å². The van der Waals surface area contributed by atoms with E-state index in [1.54, 1.807) is 7.11 Å². The molecular formula is C16H28N2O3. The maximum atomic E-state index is 12.1. The minimum absolute atomic E-state index is 0.200. The van der Waals surface area contributed by atoms with Crippen LogP contribution in [0.1, 0.15) is 40.5 Å². The molecule has 0 aromatic rings. The van der Waals surface area contributed by atoms with E-state index in [-0.39, 0.29) is 6.09 Å². The van der Waals surface area contributed by atoms with Crippen molar-refractivity contribution in [2.24, 2.45) is 0 Å². The van der Waals surface area contributed by atoms with Crippen molar-refractivity contribution in [2.75, 3.05) is 26.7 Å². The highest BCUT2D eigenvalue weighted by molar-refractivity contribution is 5.68. The third-order valence-electron chi connectivity index (χ3n) is 4.08. The second-order valence-electron chi connectivity index (χ2n) is 6.96. The molecule has 0 unspecified atom stereocenters. The van der Waals surface area contributed by atoms with Gasteiger partial charge in [-0.3, -0.25) is 4.90 Å². The summed E-state index contributed by atoms with van der Waals surface area (Å²) in [6, 6.07) is 0.777. The van der Waals surface area contributed by atoms with Gasteiger partial charge < -0.3 is 14.4 Å². The quantitative estimate of drug-likeness (QED) is 0.785. The number of allylic oxidation sites excluding steroid dienone is 1. The molecule has 0 aromatic heterocycles. The van der Waals surface area contributed by atoms with Crippen molar-refractivity contribution < 1.29 is 14.3 Å². The minimum Gasteiger partial charge on any atom is -0.501 e. The minimum atomic E-state index is -0.432. The van der Waals surface area contributed by atoms with Crippen LogP contribution in [0.5, 0.6) is 0 Å². The van der Waals surface area contributed by atoms with Gasteiger partial charge in [-0.05, 0) is 40.2 Å². The summed E-state index contributed by atoms with van der Waals surface area (Å²) in [6.07, 6.45) is 4.15. The van der Waals surface area contributed by atoms with Crippen molar-refractivity contribution in [3.8, 4) is 0 Å². The topological polar surface area (TPSA) is 42.0 Å². The number of hydrogen-bond donors (Lipinski definition) is 0. The lowest BCUT2D eigenvalue weighted by Gasteiger charge is -2.42. The van der Waals surface area contributed by atoms with Crippen LogP contribution in [0.3, 0.4) is 0 Å². The Kier molecular flexibility index (Phi) is 4.81. The highest BCUT2D eigenvalue weighted by Gasteiger charge is 2.34. The second kappa shape index (κ2) is 6.26. The Balaban J connectivity index is 1.91. The van der Waals surface area contributed by atoms with Gasteiger partial charge in [-0.2, -0.15) is 0 Å². The molecule has 1 fully saturated rings. The summed E-state index contributed by atoms with van der Waals surface area (Å²) < 4.78 is 10.8. The lowest BCUT2D eigenvalue weighted by Crippen LogP contribution is -2.56. The van der Waals surface area contributed by atoms with E-state index in [0.29, 0.717) is 12.1 Å². The third kappa shape index (κ3) is 4.13. The Bertz CT molecular complexity index is 414. The molecule has 0 radical (unpaired) electrons. The molecule has 5 nitrogen and oxygen atoms in total. The Labute approximate surface area is 127 Å². The first-order chi connectivity index (χ1) is 9.80. The number of ether oxygens (including phenoxy) is 2. The Morgan fingerprint density at radius 3 is 2.57 bits per heavy atom. The summed E-state index contributed by atoms with van der Waals surface area (Å²) in [4.78, 5) is 16.4. The van der Waals surface area contributed by atoms with Crippen molar-refractivity contribution in [3.05, 3.63) is 11.8 Å². The number of amides is 1. The number of methoxy groups -OCH3 is 1. The normalized spacial score (nSPS) is 27.5. The zero-order chi connectivity index (χ0) is 15.6. The highest BCUT2D eigenvalue weighted by Crippen LogP contribution is 2.26. The van der Waals surface area contributed by atoms with Gasteiger partial charge in [-0.15, -0.1) is 0 Å². The molecule has 0 bridgehead atoms. The SMILES string of the molecule is COC1=C[C@H](N2CCN(C(=O)OC(C)(C)C)C[C@H]2C)CC1. The third-order valence-corrected chi connectivity index (χ3v) is 4.08. The van der Waals surface area contributed by atoms with Gasteiger partial charge in [-0.1, -0.05) is 0 Å².